The van der Waals surface area contributed by atoms with Gasteiger partial charge < -0.3 is 15.7 Å². The molecule has 0 saturated heterocycles. The Morgan fingerprint density at radius 2 is 1.88 bits per heavy atom. The summed E-state index contributed by atoms with van der Waals surface area (Å²) in [6.07, 6.45) is 2.97. The fourth-order valence-corrected chi connectivity index (χ4v) is 3.54. The van der Waals surface area contributed by atoms with Crippen molar-refractivity contribution >= 4 is 28.8 Å². The Bertz CT molecular complexity index is 715. The first-order valence-electron chi connectivity index (χ1n) is 8.06. The molecule has 2 amide bonds. The third kappa shape index (κ3) is 3.83. The number of anilines is 1. The highest BCUT2D eigenvalue weighted by Crippen LogP contribution is 2.21. The molecule has 6 heteroatoms. The van der Waals surface area contributed by atoms with E-state index < -0.39 is 6.10 Å². The molecule has 0 spiro atoms. The summed E-state index contributed by atoms with van der Waals surface area (Å²) in [5, 5.41) is 19.3. The normalized spacial score (nSPS) is 20.4. The van der Waals surface area contributed by atoms with Crippen LogP contribution in [0.5, 0.6) is 0 Å². The van der Waals surface area contributed by atoms with Crippen molar-refractivity contribution in [2.75, 3.05) is 5.32 Å². The first-order valence-corrected chi connectivity index (χ1v) is 9.01. The number of para-hydroxylation sites is 1. The van der Waals surface area contributed by atoms with Gasteiger partial charge in [0.2, 0.25) is 0 Å². The lowest BCUT2D eigenvalue weighted by Crippen LogP contribution is -2.45. The quantitative estimate of drug-likeness (QED) is 0.798. The number of aliphatic hydroxyl groups excluding tert-OH is 1. The van der Waals surface area contributed by atoms with Gasteiger partial charge in [0.05, 0.1) is 29.0 Å². The number of hydrogen-bond donors (Lipinski definition) is 3. The van der Waals surface area contributed by atoms with Crippen molar-refractivity contribution in [1.29, 1.82) is 0 Å². The third-order valence-electron chi connectivity index (χ3n) is 4.25. The number of benzene rings is 1. The average Bonchev–Trinajstić information content (AvgIpc) is 3.12. The van der Waals surface area contributed by atoms with E-state index in [4.69, 9.17) is 0 Å². The van der Waals surface area contributed by atoms with Crippen molar-refractivity contribution in [1.82, 2.24) is 5.32 Å². The second-order valence-corrected chi connectivity index (χ2v) is 6.72. The van der Waals surface area contributed by atoms with Gasteiger partial charge in [-0.3, -0.25) is 9.59 Å². The highest BCUT2D eigenvalue weighted by atomic mass is 32.1. The summed E-state index contributed by atoms with van der Waals surface area (Å²) >= 11 is 1.44. The second-order valence-electron chi connectivity index (χ2n) is 5.94. The van der Waals surface area contributed by atoms with E-state index in [2.05, 4.69) is 10.6 Å². The predicted molar refractivity (Wildman–Crippen MR) is 94.4 cm³/mol. The van der Waals surface area contributed by atoms with Gasteiger partial charge in [-0.15, -0.1) is 0 Å². The molecule has 0 aliphatic heterocycles. The van der Waals surface area contributed by atoms with Crippen LogP contribution in [0.3, 0.4) is 0 Å². The van der Waals surface area contributed by atoms with Gasteiger partial charge in [0, 0.05) is 5.38 Å². The number of thiophene rings is 1. The molecular formula is C18H20N2O3S. The van der Waals surface area contributed by atoms with Gasteiger partial charge in [0.15, 0.2) is 0 Å². The van der Waals surface area contributed by atoms with Crippen LogP contribution in [-0.2, 0) is 0 Å². The molecule has 2 unspecified atom stereocenters. The number of nitrogens with one attached hydrogen (secondary N) is 2. The maximum atomic E-state index is 12.6. The molecule has 2 aromatic rings. The maximum Gasteiger partial charge on any atom is 0.256 e. The van der Waals surface area contributed by atoms with Gasteiger partial charge in [0.1, 0.15) is 0 Å². The molecule has 3 rings (SSSR count). The number of aliphatic hydroxyl groups is 1. The van der Waals surface area contributed by atoms with E-state index in [0.29, 0.717) is 23.2 Å². The molecule has 0 radical (unpaired) electrons. The highest BCUT2D eigenvalue weighted by Gasteiger charge is 2.25. The monoisotopic (exact) mass is 344 g/mol. The summed E-state index contributed by atoms with van der Waals surface area (Å²) in [5.74, 6) is -0.517. The van der Waals surface area contributed by atoms with Crippen LogP contribution in [0.2, 0.25) is 0 Å². The Morgan fingerprint density at radius 3 is 2.62 bits per heavy atom. The van der Waals surface area contributed by atoms with Crippen molar-refractivity contribution in [3.63, 3.8) is 0 Å². The summed E-state index contributed by atoms with van der Waals surface area (Å²) in [7, 11) is 0. The SMILES string of the molecule is O=C(Nc1ccccc1C(=O)NC1CCCCC1O)c1ccsc1. The van der Waals surface area contributed by atoms with Gasteiger partial charge >= 0.3 is 0 Å². The van der Waals surface area contributed by atoms with Crippen LogP contribution in [0.25, 0.3) is 0 Å². The number of hydrogen-bond acceptors (Lipinski definition) is 4. The standard InChI is InChI=1S/C18H20N2O3S/c21-16-8-4-3-7-15(16)20-18(23)13-5-1-2-6-14(13)19-17(22)12-9-10-24-11-12/h1-2,5-6,9-11,15-16,21H,3-4,7-8H2,(H,19,22)(H,20,23). The minimum atomic E-state index is -0.504. The van der Waals surface area contributed by atoms with Crippen LogP contribution < -0.4 is 10.6 Å². The van der Waals surface area contributed by atoms with Crippen LogP contribution in [0, 0.1) is 0 Å². The Balaban J connectivity index is 1.73. The number of amides is 2. The molecule has 2 atom stereocenters. The van der Waals surface area contributed by atoms with E-state index >= 15 is 0 Å². The fraction of sp³-hybridized carbons (Fsp3) is 0.333. The Hall–Kier alpha value is -2.18. The first-order chi connectivity index (χ1) is 11.6. The highest BCUT2D eigenvalue weighted by molar-refractivity contribution is 7.08. The summed E-state index contributed by atoms with van der Waals surface area (Å²) < 4.78 is 0. The fourth-order valence-electron chi connectivity index (χ4n) is 2.90. The van der Waals surface area contributed by atoms with E-state index in [0.717, 1.165) is 19.3 Å². The minimum Gasteiger partial charge on any atom is -0.391 e. The van der Waals surface area contributed by atoms with Crippen LogP contribution in [0.4, 0.5) is 5.69 Å². The van der Waals surface area contributed by atoms with E-state index in [1.165, 1.54) is 11.3 Å². The van der Waals surface area contributed by atoms with Gasteiger partial charge in [-0.1, -0.05) is 25.0 Å². The molecule has 24 heavy (non-hydrogen) atoms. The molecule has 1 saturated carbocycles. The molecule has 1 aliphatic rings. The number of rotatable bonds is 4. The maximum absolute atomic E-state index is 12.6. The van der Waals surface area contributed by atoms with Crippen LogP contribution >= 0.6 is 11.3 Å². The molecule has 1 aromatic carbocycles. The zero-order chi connectivity index (χ0) is 16.9. The lowest BCUT2D eigenvalue weighted by molar-refractivity contribution is 0.0718. The van der Waals surface area contributed by atoms with Crippen molar-refractivity contribution in [2.24, 2.45) is 0 Å². The van der Waals surface area contributed by atoms with Gasteiger partial charge in [-0.05, 0) is 36.4 Å². The second kappa shape index (κ2) is 7.59. The first kappa shape index (κ1) is 16.7. The van der Waals surface area contributed by atoms with Gasteiger partial charge in [-0.25, -0.2) is 0 Å². The van der Waals surface area contributed by atoms with Crippen LogP contribution in [0.15, 0.2) is 41.1 Å². The Morgan fingerprint density at radius 1 is 1.08 bits per heavy atom. The molecule has 1 fully saturated rings. The van der Waals surface area contributed by atoms with E-state index in [1.54, 1.807) is 35.7 Å². The molecular weight excluding hydrogens is 324 g/mol. The predicted octanol–water partition coefficient (Wildman–Crippen LogP) is 3.03. The zero-order valence-corrected chi connectivity index (χ0v) is 14.0. The van der Waals surface area contributed by atoms with E-state index in [-0.39, 0.29) is 17.9 Å². The molecule has 5 nitrogen and oxygen atoms in total. The van der Waals surface area contributed by atoms with Crippen LogP contribution in [-0.4, -0.2) is 29.1 Å². The van der Waals surface area contributed by atoms with Crippen molar-refractivity contribution in [2.45, 2.75) is 37.8 Å². The van der Waals surface area contributed by atoms with E-state index in [1.807, 2.05) is 5.38 Å². The third-order valence-corrected chi connectivity index (χ3v) is 4.93. The number of carbonyl (C=O) groups is 2. The van der Waals surface area contributed by atoms with Crippen molar-refractivity contribution in [3.8, 4) is 0 Å². The van der Waals surface area contributed by atoms with Crippen molar-refractivity contribution < 1.29 is 14.7 Å². The Kier molecular flexibility index (Phi) is 5.27. The summed E-state index contributed by atoms with van der Waals surface area (Å²) in [4.78, 5) is 24.8. The molecule has 0 bridgehead atoms. The Labute approximate surface area is 144 Å². The minimum absolute atomic E-state index is 0.230. The number of carbonyl (C=O) groups excluding carboxylic acids is 2. The molecule has 126 valence electrons. The average molecular weight is 344 g/mol. The molecule has 1 aliphatic carbocycles. The lowest BCUT2D eigenvalue weighted by atomic mass is 9.92. The van der Waals surface area contributed by atoms with Gasteiger partial charge in [-0.2, -0.15) is 11.3 Å². The largest absolute Gasteiger partial charge is 0.391 e. The topological polar surface area (TPSA) is 78.4 Å². The lowest BCUT2D eigenvalue weighted by Gasteiger charge is -2.28. The van der Waals surface area contributed by atoms with Crippen molar-refractivity contribution in [3.05, 3.63) is 52.2 Å². The summed E-state index contributed by atoms with van der Waals surface area (Å²) in [6, 6.07) is 8.42. The van der Waals surface area contributed by atoms with Gasteiger partial charge in [0.25, 0.3) is 11.8 Å². The molecule has 1 aromatic heterocycles. The summed E-state index contributed by atoms with van der Waals surface area (Å²) in [6.45, 7) is 0. The molecule has 1 heterocycles. The summed E-state index contributed by atoms with van der Waals surface area (Å²) in [5.41, 5.74) is 1.44. The van der Waals surface area contributed by atoms with Crippen LogP contribution in [0.1, 0.15) is 46.4 Å². The molecule has 3 N–H and O–H groups in total. The van der Waals surface area contributed by atoms with E-state index in [9.17, 15) is 14.7 Å². The zero-order valence-electron chi connectivity index (χ0n) is 13.2. The smallest absolute Gasteiger partial charge is 0.256 e.